The van der Waals surface area contributed by atoms with Crippen LogP contribution in [0, 0.1) is 6.92 Å². The van der Waals surface area contributed by atoms with E-state index < -0.39 is 36.0 Å². The van der Waals surface area contributed by atoms with Crippen LogP contribution in [-0.4, -0.2) is 50.9 Å². The molecular formula is C13H21N3O6. The van der Waals surface area contributed by atoms with Gasteiger partial charge in [-0.15, -0.1) is 0 Å². The van der Waals surface area contributed by atoms with Gasteiger partial charge in [-0.25, -0.2) is 4.79 Å². The van der Waals surface area contributed by atoms with Gasteiger partial charge in [0.1, 0.15) is 12.3 Å². The Kier molecular flexibility index (Phi) is 4.83. The molecule has 1 unspecified atom stereocenters. The maximum Gasteiger partial charge on any atom is 0.330 e. The first kappa shape index (κ1) is 16.8. The monoisotopic (exact) mass is 315 g/mol. The largest absolute Gasteiger partial charge is 0.391 e. The van der Waals surface area contributed by atoms with Crippen molar-refractivity contribution >= 4 is 0 Å². The highest BCUT2D eigenvalue weighted by atomic mass is 16.7. The van der Waals surface area contributed by atoms with E-state index in [0.717, 1.165) is 4.57 Å². The molecule has 0 amide bonds. The van der Waals surface area contributed by atoms with Gasteiger partial charge in [0.25, 0.3) is 5.56 Å². The molecule has 0 saturated carbocycles. The van der Waals surface area contributed by atoms with Crippen LogP contribution in [0.15, 0.2) is 15.8 Å². The van der Waals surface area contributed by atoms with Gasteiger partial charge >= 0.3 is 5.69 Å². The first-order chi connectivity index (χ1) is 10.3. The van der Waals surface area contributed by atoms with Gasteiger partial charge in [-0.1, -0.05) is 0 Å². The fourth-order valence-corrected chi connectivity index (χ4v) is 2.29. The number of hydrogen-bond donors (Lipinski definition) is 4. The molecule has 124 valence electrons. The normalized spacial score (nSPS) is 29.7. The lowest BCUT2D eigenvalue weighted by molar-refractivity contribution is -0.282. The molecule has 4 atom stereocenters. The highest BCUT2D eigenvalue weighted by Gasteiger charge is 2.50. The van der Waals surface area contributed by atoms with Crippen molar-refractivity contribution in [1.29, 1.82) is 0 Å². The summed E-state index contributed by atoms with van der Waals surface area (Å²) in [5.74, 6) is -1.64. The van der Waals surface area contributed by atoms with E-state index in [1.165, 1.54) is 6.20 Å². The van der Waals surface area contributed by atoms with E-state index in [1.807, 2.05) is 0 Å². The van der Waals surface area contributed by atoms with E-state index in [9.17, 15) is 19.8 Å². The molecule has 1 saturated heterocycles. The number of nitrogens with one attached hydrogen (secondary N) is 1. The maximum absolute atomic E-state index is 11.9. The summed E-state index contributed by atoms with van der Waals surface area (Å²) >= 11 is 0. The fraction of sp³-hybridized carbons (Fsp3) is 0.692. The van der Waals surface area contributed by atoms with Gasteiger partial charge in [-0.3, -0.25) is 14.3 Å². The van der Waals surface area contributed by atoms with Crippen LogP contribution in [0.5, 0.6) is 0 Å². The second-order valence-corrected chi connectivity index (χ2v) is 5.56. The van der Waals surface area contributed by atoms with Crippen LogP contribution in [0.1, 0.15) is 25.1 Å². The molecule has 5 N–H and O–H groups in total. The molecule has 1 aromatic rings. The van der Waals surface area contributed by atoms with Crippen molar-refractivity contribution in [3.63, 3.8) is 0 Å². The molecule has 1 aliphatic heterocycles. The Morgan fingerprint density at radius 1 is 1.64 bits per heavy atom. The number of nitrogens with zero attached hydrogens (tertiary/aromatic N) is 1. The second kappa shape index (κ2) is 6.31. The van der Waals surface area contributed by atoms with Gasteiger partial charge in [0.05, 0.1) is 13.2 Å². The van der Waals surface area contributed by atoms with Crippen LogP contribution in [0.2, 0.25) is 0 Å². The summed E-state index contributed by atoms with van der Waals surface area (Å²) < 4.78 is 12.2. The molecule has 0 aromatic carbocycles. The molecule has 0 aliphatic carbocycles. The van der Waals surface area contributed by atoms with Gasteiger partial charge < -0.3 is 25.4 Å². The minimum atomic E-state index is -1.64. The minimum Gasteiger partial charge on any atom is -0.391 e. The van der Waals surface area contributed by atoms with E-state index in [1.54, 1.807) is 13.8 Å². The van der Waals surface area contributed by atoms with E-state index >= 15 is 0 Å². The van der Waals surface area contributed by atoms with Crippen molar-refractivity contribution in [3.8, 4) is 0 Å². The third-order valence-corrected chi connectivity index (χ3v) is 3.54. The number of aromatic nitrogens is 2. The molecule has 2 heterocycles. The predicted molar refractivity (Wildman–Crippen MR) is 76.2 cm³/mol. The Balaban J connectivity index is 2.28. The van der Waals surface area contributed by atoms with Gasteiger partial charge in [0.15, 0.2) is 0 Å². The average molecular weight is 315 g/mol. The van der Waals surface area contributed by atoms with Gasteiger partial charge in [0, 0.05) is 24.2 Å². The van der Waals surface area contributed by atoms with Crippen molar-refractivity contribution in [2.24, 2.45) is 5.73 Å². The Morgan fingerprint density at radius 2 is 2.32 bits per heavy atom. The van der Waals surface area contributed by atoms with E-state index in [4.69, 9.17) is 15.2 Å². The van der Waals surface area contributed by atoms with Crippen LogP contribution < -0.4 is 17.0 Å². The lowest BCUT2D eigenvalue weighted by atomic mass is 10.1. The van der Waals surface area contributed by atoms with Gasteiger partial charge in [-0.05, 0) is 13.8 Å². The van der Waals surface area contributed by atoms with E-state index in [2.05, 4.69) is 4.98 Å². The van der Waals surface area contributed by atoms with Gasteiger partial charge in [0.2, 0.25) is 5.79 Å². The zero-order chi connectivity index (χ0) is 16.5. The molecule has 0 radical (unpaired) electrons. The summed E-state index contributed by atoms with van der Waals surface area (Å²) in [4.78, 5) is 25.4. The van der Waals surface area contributed by atoms with Crippen LogP contribution in [0.25, 0.3) is 0 Å². The number of nitrogens with two attached hydrogens (primary N) is 1. The van der Waals surface area contributed by atoms with Crippen molar-refractivity contribution in [3.05, 3.63) is 32.6 Å². The third kappa shape index (κ3) is 3.13. The second-order valence-electron chi connectivity index (χ2n) is 5.56. The highest BCUT2D eigenvalue weighted by Crippen LogP contribution is 2.36. The Morgan fingerprint density at radius 3 is 2.91 bits per heavy atom. The molecule has 0 spiro atoms. The SMILES string of the molecule is Cc1cn([C@H]2C[C@H](O)[C@](CO)(OCC(C)N)O2)c(=O)[nH]c1=O. The zero-order valence-electron chi connectivity index (χ0n) is 12.5. The topological polar surface area (TPSA) is 140 Å². The summed E-state index contributed by atoms with van der Waals surface area (Å²) in [5.41, 5.74) is 4.78. The average Bonchev–Trinajstić information content (AvgIpc) is 2.78. The zero-order valence-corrected chi connectivity index (χ0v) is 12.5. The first-order valence-electron chi connectivity index (χ1n) is 6.97. The smallest absolute Gasteiger partial charge is 0.330 e. The van der Waals surface area contributed by atoms with E-state index in [0.29, 0.717) is 5.56 Å². The minimum absolute atomic E-state index is 0.0326. The molecule has 22 heavy (non-hydrogen) atoms. The molecule has 9 nitrogen and oxygen atoms in total. The van der Waals surface area contributed by atoms with Crippen molar-refractivity contribution < 1.29 is 19.7 Å². The number of aryl methyl sites for hydroxylation is 1. The Hall–Kier alpha value is -1.52. The number of aliphatic hydroxyl groups is 2. The molecule has 9 heteroatoms. The molecule has 2 rings (SSSR count). The lowest BCUT2D eigenvalue weighted by Gasteiger charge is -2.30. The molecule has 1 fully saturated rings. The van der Waals surface area contributed by atoms with Crippen molar-refractivity contribution in [2.45, 2.75) is 44.4 Å². The highest BCUT2D eigenvalue weighted by molar-refractivity contribution is 5.02. The predicted octanol–water partition coefficient (Wildman–Crippen LogP) is -1.82. The third-order valence-electron chi connectivity index (χ3n) is 3.54. The summed E-state index contributed by atoms with van der Waals surface area (Å²) in [6.07, 6.45) is -0.624. The fourth-order valence-electron chi connectivity index (χ4n) is 2.29. The number of aromatic amines is 1. The van der Waals surface area contributed by atoms with Crippen LogP contribution in [0.3, 0.4) is 0 Å². The quantitative estimate of drug-likeness (QED) is 0.501. The molecule has 1 aliphatic rings. The Bertz CT molecular complexity index is 639. The summed E-state index contributed by atoms with van der Waals surface area (Å²) in [7, 11) is 0. The number of hydrogen-bond acceptors (Lipinski definition) is 7. The van der Waals surface area contributed by atoms with Crippen molar-refractivity contribution in [1.82, 2.24) is 9.55 Å². The number of rotatable bonds is 5. The van der Waals surface area contributed by atoms with E-state index in [-0.39, 0.29) is 19.1 Å². The summed E-state index contributed by atoms with van der Waals surface area (Å²) in [6.45, 7) is 2.74. The van der Waals surface area contributed by atoms with Crippen LogP contribution in [-0.2, 0) is 9.47 Å². The molecule has 1 aromatic heterocycles. The molecular weight excluding hydrogens is 294 g/mol. The standard InChI is InChI=1S/C13H21N3O6/c1-7-4-16(12(20)15-11(7)19)10-3-9(18)13(6-17,22-10)21-5-8(2)14/h4,8-10,17-18H,3,5-6,14H2,1-2H3,(H,15,19,20)/t8?,9-,10+,13+/m0/s1. The molecule has 0 bridgehead atoms. The number of ether oxygens (including phenoxy) is 2. The van der Waals surface area contributed by atoms with Gasteiger partial charge in [-0.2, -0.15) is 0 Å². The Labute approximate surface area is 126 Å². The number of aliphatic hydroxyl groups excluding tert-OH is 2. The summed E-state index contributed by atoms with van der Waals surface area (Å²) in [5, 5.41) is 19.7. The van der Waals surface area contributed by atoms with Crippen molar-refractivity contribution in [2.75, 3.05) is 13.2 Å². The first-order valence-corrected chi connectivity index (χ1v) is 6.97. The van der Waals surface area contributed by atoms with Crippen LogP contribution >= 0.6 is 0 Å². The number of H-pyrrole nitrogens is 1. The van der Waals surface area contributed by atoms with Crippen LogP contribution in [0.4, 0.5) is 0 Å². The summed E-state index contributed by atoms with van der Waals surface area (Å²) in [6, 6.07) is -0.309. The lowest BCUT2D eigenvalue weighted by Crippen LogP contribution is -2.48. The maximum atomic E-state index is 11.9.